The van der Waals surface area contributed by atoms with Crippen LogP contribution in [0.2, 0.25) is 0 Å². The lowest BCUT2D eigenvalue weighted by molar-refractivity contribution is -0.144. The fourth-order valence-electron chi connectivity index (χ4n) is 4.06. The lowest BCUT2D eigenvalue weighted by Crippen LogP contribution is -2.40. The summed E-state index contributed by atoms with van der Waals surface area (Å²) in [5, 5.41) is 9.39. The SMILES string of the molecule is Cn1ncc(C(=O)NC2CCC(Nc3cccc4nc(C(F)(F)F)cn34)CC2)c1C(F)(F)F. The van der Waals surface area contributed by atoms with Gasteiger partial charge in [0.2, 0.25) is 0 Å². The number of carbonyl (C=O) groups excluding carboxylic acids is 1. The Morgan fingerprint density at radius 3 is 2.33 bits per heavy atom. The van der Waals surface area contributed by atoms with Crippen LogP contribution in [0.3, 0.4) is 0 Å². The summed E-state index contributed by atoms with van der Waals surface area (Å²) in [4.78, 5) is 16.0. The van der Waals surface area contributed by atoms with Crippen molar-refractivity contribution in [3.63, 3.8) is 0 Å². The minimum Gasteiger partial charge on any atom is -0.368 e. The molecule has 1 aliphatic carbocycles. The molecule has 2 N–H and O–H groups in total. The number of aryl methyl sites for hydroxylation is 1. The molecule has 0 saturated heterocycles. The molecule has 1 saturated carbocycles. The van der Waals surface area contributed by atoms with E-state index in [9.17, 15) is 31.1 Å². The van der Waals surface area contributed by atoms with Crippen LogP contribution in [0.15, 0.2) is 30.6 Å². The van der Waals surface area contributed by atoms with E-state index in [1.54, 1.807) is 12.1 Å². The molecule has 4 rings (SSSR count). The predicted molar refractivity (Wildman–Crippen MR) is 106 cm³/mol. The Morgan fingerprint density at radius 1 is 1.03 bits per heavy atom. The first-order valence-corrected chi connectivity index (χ1v) is 10.2. The van der Waals surface area contributed by atoms with E-state index >= 15 is 0 Å². The topological polar surface area (TPSA) is 76.2 Å². The number of halogens is 6. The van der Waals surface area contributed by atoms with Crippen molar-refractivity contribution >= 4 is 17.4 Å². The van der Waals surface area contributed by atoms with E-state index < -0.39 is 35.2 Å². The van der Waals surface area contributed by atoms with Crippen LogP contribution in [-0.4, -0.2) is 37.2 Å². The van der Waals surface area contributed by atoms with Gasteiger partial charge >= 0.3 is 12.4 Å². The number of imidazole rings is 1. The summed E-state index contributed by atoms with van der Waals surface area (Å²) in [6.07, 6.45) is -5.30. The number of pyridine rings is 1. The Labute approximate surface area is 183 Å². The van der Waals surface area contributed by atoms with Crippen molar-refractivity contribution in [1.82, 2.24) is 24.5 Å². The Balaban J connectivity index is 1.38. The first-order chi connectivity index (χ1) is 15.4. The first-order valence-electron chi connectivity index (χ1n) is 10.2. The lowest BCUT2D eigenvalue weighted by Gasteiger charge is -2.30. The van der Waals surface area contributed by atoms with E-state index in [2.05, 4.69) is 20.7 Å². The molecule has 7 nitrogen and oxygen atoms in total. The zero-order chi connectivity index (χ0) is 24.0. The minimum atomic E-state index is -4.71. The van der Waals surface area contributed by atoms with E-state index in [1.165, 1.54) is 10.5 Å². The van der Waals surface area contributed by atoms with Crippen molar-refractivity contribution in [2.75, 3.05) is 5.32 Å². The Morgan fingerprint density at radius 2 is 1.70 bits per heavy atom. The van der Waals surface area contributed by atoms with Gasteiger partial charge in [-0.15, -0.1) is 0 Å². The van der Waals surface area contributed by atoms with Crippen LogP contribution in [0.5, 0.6) is 0 Å². The van der Waals surface area contributed by atoms with Crippen molar-refractivity contribution < 1.29 is 31.1 Å². The summed E-state index contributed by atoms with van der Waals surface area (Å²) < 4.78 is 80.5. The van der Waals surface area contributed by atoms with Crippen molar-refractivity contribution in [2.45, 2.75) is 50.1 Å². The van der Waals surface area contributed by atoms with Crippen molar-refractivity contribution in [2.24, 2.45) is 7.05 Å². The van der Waals surface area contributed by atoms with Gasteiger partial charge in [-0.05, 0) is 37.8 Å². The fraction of sp³-hybridized carbons (Fsp3) is 0.450. The number of nitrogens with one attached hydrogen (secondary N) is 2. The number of carbonyl (C=O) groups is 1. The molecule has 0 atom stereocenters. The zero-order valence-corrected chi connectivity index (χ0v) is 17.3. The highest BCUT2D eigenvalue weighted by molar-refractivity contribution is 5.95. The molecule has 3 aromatic rings. The van der Waals surface area contributed by atoms with Crippen molar-refractivity contribution in [1.29, 1.82) is 0 Å². The van der Waals surface area contributed by atoms with E-state index in [-0.39, 0.29) is 17.7 Å². The number of hydrogen-bond donors (Lipinski definition) is 2. The Kier molecular flexibility index (Phi) is 5.74. The van der Waals surface area contributed by atoms with Crippen molar-refractivity contribution in [3.05, 3.63) is 47.5 Å². The van der Waals surface area contributed by atoms with Gasteiger partial charge in [0.25, 0.3) is 5.91 Å². The van der Waals surface area contributed by atoms with Gasteiger partial charge in [-0.3, -0.25) is 13.9 Å². The molecule has 3 aromatic heterocycles. The van der Waals surface area contributed by atoms with Gasteiger partial charge in [0, 0.05) is 25.3 Å². The minimum absolute atomic E-state index is 0.0791. The lowest BCUT2D eigenvalue weighted by atomic mass is 9.91. The van der Waals surface area contributed by atoms with Gasteiger partial charge in [0.15, 0.2) is 11.4 Å². The standard InChI is InChI=1S/C20H20F6N6O/c1-31-17(20(24,25)26)13(9-27-31)18(33)29-12-7-5-11(6-8-12)28-15-3-2-4-16-30-14(10-32(15)16)19(21,22)23/h2-4,9-12,28H,5-8H2,1H3,(H,29,33). The third-order valence-corrected chi connectivity index (χ3v) is 5.65. The molecule has 1 fully saturated rings. The third-order valence-electron chi connectivity index (χ3n) is 5.65. The van der Waals surface area contributed by atoms with Crippen LogP contribution in [0, 0.1) is 0 Å². The molecule has 0 radical (unpaired) electrons. The van der Waals surface area contributed by atoms with Crippen LogP contribution < -0.4 is 10.6 Å². The second kappa shape index (κ2) is 8.27. The van der Waals surface area contributed by atoms with Crippen LogP contribution in [0.25, 0.3) is 5.65 Å². The quantitative estimate of drug-likeness (QED) is 0.555. The molecule has 178 valence electrons. The molecule has 0 aromatic carbocycles. The number of alkyl halides is 6. The predicted octanol–water partition coefficient (Wildman–Crippen LogP) is 4.26. The summed E-state index contributed by atoms with van der Waals surface area (Å²) >= 11 is 0. The molecule has 0 spiro atoms. The highest BCUT2D eigenvalue weighted by Gasteiger charge is 2.40. The molecule has 1 aliphatic rings. The molecule has 0 aliphatic heterocycles. The summed E-state index contributed by atoms with van der Waals surface area (Å²) in [7, 11) is 1.12. The van der Waals surface area contributed by atoms with E-state index in [0.29, 0.717) is 36.2 Å². The van der Waals surface area contributed by atoms with E-state index in [0.717, 1.165) is 19.4 Å². The summed E-state index contributed by atoms with van der Waals surface area (Å²) in [5.41, 5.74) is -2.47. The van der Waals surface area contributed by atoms with Crippen LogP contribution in [0.4, 0.5) is 32.2 Å². The monoisotopic (exact) mass is 474 g/mol. The van der Waals surface area contributed by atoms with Gasteiger partial charge in [0.05, 0.1) is 11.8 Å². The fourth-order valence-corrected chi connectivity index (χ4v) is 4.06. The Bertz CT molecular complexity index is 1160. The number of rotatable bonds is 4. The highest BCUT2D eigenvalue weighted by Crippen LogP contribution is 2.32. The molecule has 13 heteroatoms. The molecular weight excluding hydrogens is 454 g/mol. The second-order valence-corrected chi connectivity index (χ2v) is 7.96. The largest absolute Gasteiger partial charge is 0.434 e. The third kappa shape index (κ3) is 4.76. The second-order valence-electron chi connectivity index (χ2n) is 7.96. The van der Waals surface area contributed by atoms with Crippen LogP contribution in [-0.2, 0) is 19.4 Å². The van der Waals surface area contributed by atoms with Gasteiger partial charge in [-0.1, -0.05) is 6.07 Å². The maximum atomic E-state index is 13.2. The number of hydrogen-bond acceptors (Lipinski definition) is 4. The van der Waals surface area contributed by atoms with Gasteiger partial charge < -0.3 is 10.6 Å². The average Bonchev–Trinajstić information content (AvgIpc) is 3.33. The molecule has 1 amide bonds. The highest BCUT2D eigenvalue weighted by atomic mass is 19.4. The zero-order valence-electron chi connectivity index (χ0n) is 17.3. The molecule has 3 heterocycles. The van der Waals surface area contributed by atoms with Crippen LogP contribution >= 0.6 is 0 Å². The number of anilines is 1. The summed E-state index contributed by atoms with van der Waals surface area (Å²) in [6, 6.07) is 4.31. The molecule has 0 bridgehead atoms. The summed E-state index contributed by atoms with van der Waals surface area (Å²) in [5.74, 6) is -0.386. The maximum absolute atomic E-state index is 13.2. The van der Waals surface area contributed by atoms with Gasteiger partial charge in [0.1, 0.15) is 11.5 Å². The van der Waals surface area contributed by atoms with E-state index in [1.807, 2.05) is 0 Å². The molecular formula is C20H20F6N6O. The molecule has 0 unspecified atom stereocenters. The van der Waals surface area contributed by atoms with Gasteiger partial charge in [-0.25, -0.2) is 4.98 Å². The normalized spacial score (nSPS) is 19.6. The van der Waals surface area contributed by atoms with Crippen molar-refractivity contribution in [3.8, 4) is 0 Å². The smallest absolute Gasteiger partial charge is 0.368 e. The maximum Gasteiger partial charge on any atom is 0.434 e. The number of fused-ring (bicyclic) bond motifs is 1. The van der Waals surface area contributed by atoms with E-state index in [4.69, 9.17) is 0 Å². The summed E-state index contributed by atoms with van der Waals surface area (Å²) in [6.45, 7) is 0. The number of nitrogens with zero attached hydrogens (tertiary/aromatic N) is 4. The molecule has 33 heavy (non-hydrogen) atoms. The average molecular weight is 474 g/mol. The van der Waals surface area contributed by atoms with Gasteiger partial charge in [-0.2, -0.15) is 31.4 Å². The number of aromatic nitrogens is 4. The Hall–Kier alpha value is -3.25. The first kappa shape index (κ1) is 22.9. The van der Waals surface area contributed by atoms with Crippen LogP contribution in [0.1, 0.15) is 47.4 Å². The number of amides is 1.